The van der Waals surface area contributed by atoms with Crippen LogP contribution in [0.25, 0.3) is 0 Å². The van der Waals surface area contributed by atoms with Gasteiger partial charge in [-0.3, -0.25) is 0 Å². The number of carbonyl (C=O) groups is 1. The third-order valence-electron chi connectivity index (χ3n) is 4.31. The molecule has 0 atom stereocenters. The number of methoxy groups -OCH3 is 1. The fourth-order valence-corrected chi connectivity index (χ4v) is 3.57. The molecule has 1 fully saturated rings. The van der Waals surface area contributed by atoms with Crippen molar-refractivity contribution in [3.63, 3.8) is 0 Å². The van der Waals surface area contributed by atoms with Crippen molar-refractivity contribution in [3.8, 4) is 5.75 Å². The van der Waals surface area contributed by atoms with Crippen LogP contribution in [0.1, 0.15) is 33.6 Å². The molecule has 1 aromatic rings. The van der Waals surface area contributed by atoms with Crippen molar-refractivity contribution in [2.45, 2.75) is 44.4 Å². The Bertz CT molecular complexity index is 754. The monoisotopic (exact) mass is 387 g/mol. The van der Waals surface area contributed by atoms with E-state index in [0.29, 0.717) is 31.6 Å². The van der Waals surface area contributed by atoms with E-state index in [0.717, 1.165) is 0 Å². The molecule has 1 heterocycles. The standard InChI is InChI=1S/C17H26FN3O4S/c1-17(2,3)26(23,24)20-12-7-9-21(10-8-12)16(22)19-13-5-6-15(25-4)14(18)11-13/h5-6,11-12,20H,7-10H2,1-4H3,(H,19,22). The fraction of sp³-hybridized carbons (Fsp3) is 0.588. The van der Waals surface area contributed by atoms with Gasteiger partial charge < -0.3 is 15.0 Å². The van der Waals surface area contributed by atoms with Crippen molar-refractivity contribution in [2.75, 3.05) is 25.5 Å². The number of nitrogens with zero attached hydrogens (tertiary/aromatic N) is 1. The lowest BCUT2D eigenvalue weighted by Gasteiger charge is -2.33. The largest absolute Gasteiger partial charge is 0.494 e. The number of piperidine rings is 1. The highest BCUT2D eigenvalue weighted by molar-refractivity contribution is 7.90. The van der Waals surface area contributed by atoms with Gasteiger partial charge >= 0.3 is 6.03 Å². The third kappa shape index (κ3) is 4.85. The molecule has 1 aliphatic rings. The second-order valence-electron chi connectivity index (χ2n) is 7.27. The number of carbonyl (C=O) groups excluding carboxylic acids is 1. The van der Waals surface area contributed by atoms with Crippen molar-refractivity contribution in [2.24, 2.45) is 0 Å². The summed E-state index contributed by atoms with van der Waals surface area (Å²) < 4.78 is 44.8. The van der Waals surface area contributed by atoms with Crippen molar-refractivity contribution >= 4 is 21.7 Å². The van der Waals surface area contributed by atoms with Crippen LogP contribution < -0.4 is 14.8 Å². The highest BCUT2D eigenvalue weighted by Gasteiger charge is 2.33. The van der Waals surface area contributed by atoms with E-state index in [1.807, 2.05) is 0 Å². The van der Waals surface area contributed by atoms with Gasteiger partial charge in [0.25, 0.3) is 0 Å². The van der Waals surface area contributed by atoms with Crippen LogP contribution in [0.4, 0.5) is 14.9 Å². The van der Waals surface area contributed by atoms with E-state index in [1.54, 1.807) is 31.7 Å². The van der Waals surface area contributed by atoms with Gasteiger partial charge in [0.1, 0.15) is 0 Å². The average Bonchev–Trinajstić information content (AvgIpc) is 2.54. The Morgan fingerprint density at radius 3 is 2.38 bits per heavy atom. The van der Waals surface area contributed by atoms with E-state index in [4.69, 9.17) is 4.74 Å². The SMILES string of the molecule is COc1ccc(NC(=O)N2CCC(NS(=O)(=O)C(C)(C)C)CC2)cc1F. The quantitative estimate of drug-likeness (QED) is 0.831. The van der Waals surface area contributed by atoms with E-state index in [2.05, 4.69) is 10.0 Å². The van der Waals surface area contributed by atoms with E-state index < -0.39 is 20.6 Å². The first-order valence-electron chi connectivity index (χ1n) is 8.45. The molecule has 2 rings (SSSR count). The van der Waals surface area contributed by atoms with Crippen molar-refractivity contribution in [1.82, 2.24) is 9.62 Å². The van der Waals surface area contributed by atoms with Gasteiger partial charge in [0, 0.05) is 30.9 Å². The molecule has 0 bridgehead atoms. The third-order valence-corrected chi connectivity index (χ3v) is 6.57. The molecule has 0 aromatic heterocycles. The highest BCUT2D eigenvalue weighted by atomic mass is 32.2. The Morgan fingerprint density at radius 1 is 1.27 bits per heavy atom. The lowest BCUT2D eigenvalue weighted by molar-refractivity contribution is 0.193. The van der Waals surface area contributed by atoms with Crippen LogP contribution in [0.3, 0.4) is 0 Å². The zero-order valence-electron chi connectivity index (χ0n) is 15.5. The van der Waals surface area contributed by atoms with Crippen molar-refractivity contribution in [1.29, 1.82) is 0 Å². The highest BCUT2D eigenvalue weighted by Crippen LogP contribution is 2.22. The van der Waals surface area contributed by atoms with Crippen LogP contribution in [0, 0.1) is 5.82 Å². The first-order chi connectivity index (χ1) is 12.0. The summed E-state index contributed by atoms with van der Waals surface area (Å²) in [7, 11) is -2.05. The maximum atomic E-state index is 13.7. The van der Waals surface area contributed by atoms with Crippen LogP contribution in [0.5, 0.6) is 5.75 Å². The molecule has 26 heavy (non-hydrogen) atoms. The van der Waals surface area contributed by atoms with Gasteiger partial charge in [-0.05, 0) is 45.7 Å². The number of likely N-dealkylation sites (tertiary alicyclic amines) is 1. The molecule has 0 radical (unpaired) electrons. The molecule has 2 N–H and O–H groups in total. The fourth-order valence-electron chi connectivity index (χ4n) is 2.54. The van der Waals surface area contributed by atoms with Gasteiger partial charge in [0.2, 0.25) is 10.0 Å². The second-order valence-corrected chi connectivity index (χ2v) is 9.74. The number of hydrogen-bond donors (Lipinski definition) is 2. The van der Waals surface area contributed by atoms with Crippen LogP contribution in [0.15, 0.2) is 18.2 Å². The average molecular weight is 387 g/mol. The second kappa shape index (κ2) is 7.79. The molecule has 0 saturated carbocycles. The minimum atomic E-state index is -3.42. The van der Waals surface area contributed by atoms with Gasteiger partial charge in [0.15, 0.2) is 11.6 Å². The summed E-state index contributed by atoms with van der Waals surface area (Å²) in [4.78, 5) is 13.9. The van der Waals surface area contributed by atoms with Gasteiger partial charge in [-0.25, -0.2) is 22.3 Å². The van der Waals surface area contributed by atoms with Crippen LogP contribution >= 0.6 is 0 Å². The number of benzene rings is 1. The lowest BCUT2D eigenvalue weighted by Crippen LogP contribution is -2.50. The van der Waals surface area contributed by atoms with Crippen LogP contribution in [-0.2, 0) is 10.0 Å². The minimum Gasteiger partial charge on any atom is -0.494 e. The van der Waals surface area contributed by atoms with Gasteiger partial charge in [0.05, 0.1) is 11.9 Å². The van der Waals surface area contributed by atoms with Crippen molar-refractivity contribution in [3.05, 3.63) is 24.0 Å². The molecule has 0 aliphatic carbocycles. The Morgan fingerprint density at radius 2 is 1.88 bits per heavy atom. The van der Waals surface area contributed by atoms with Gasteiger partial charge in [-0.15, -0.1) is 0 Å². The molecule has 1 aliphatic heterocycles. The molecular formula is C17H26FN3O4S. The summed E-state index contributed by atoms with van der Waals surface area (Å²) in [5, 5.41) is 2.64. The number of sulfonamides is 1. The van der Waals surface area contributed by atoms with Gasteiger partial charge in [-0.1, -0.05) is 0 Å². The molecule has 1 aromatic carbocycles. The number of nitrogens with one attached hydrogen (secondary N) is 2. The van der Waals surface area contributed by atoms with E-state index >= 15 is 0 Å². The zero-order chi connectivity index (χ0) is 19.5. The first-order valence-corrected chi connectivity index (χ1v) is 9.93. The number of amides is 2. The maximum absolute atomic E-state index is 13.7. The number of rotatable bonds is 4. The number of ether oxygens (including phenoxy) is 1. The summed E-state index contributed by atoms with van der Waals surface area (Å²) in [6.45, 7) is 5.77. The summed E-state index contributed by atoms with van der Waals surface area (Å²) in [6, 6.07) is 3.66. The number of hydrogen-bond acceptors (Lipinski definition) is 4. The van der Waals surface area contributed by atoms with E-state index in [1.165, 1.54) is 19.2 Å². The predicted molar refractivity (Wildman–Crippen MR) is 98.4 cm³/mol. The first kappa shape index (κ1) is 20.4. The summed E-state index contributed by atoms with van der Waals surface area (Å²) in [6.07, 6.45) is 1.05. The summed E-state index contributed by atoms with van der Waals surface area (Å²) in [5.41, 5.74) is 0.337. The summed E-state index contributed by atoms with van der Waals surface area (Å²) >= 11 is 0. The number of urea groups is 1. The molecular weight excluding hydrogens is 361 g/mol. The Kier molecular flexibility index (Phi) is 6.13. The lowest BCUT2D eigenvalue weighted by atomic mass is 10.1. The molecule has 0 spiro atoms. The van der Waals surface area contributed by atoms with E-state index in [-0.39, 0.29) is 17.8 Å². The predicted octanol–water partition coefficient (Wildman–Crippen LogP) is 2.55. The molecule has 146 valence electrons. The number of anilines is 1. The number of halogens is 1. The smallest absolute Gasteiger partial charge is 0.321 e. The molecule has 7 nitrogen and oxygen atoms in total. The van der Waals surface area contributed by atoms with Gasteiger partial charge in [-0.2, -0.15) is 0 Å². The molecule has 1 saturated heterocycles. The summed E-state index contributed by atoms with van der Waals surface area (Å²) in [5.74, 6) is -0.449. The Balaban J connectivity index is 1.89. The molecule has 0 unspecified atom stereocenters. The van der Waals surface area contributed by atoms with Crippen LogP contribution in [0.2, 0.25) is 0 Å². The molecule has 9 heteroatoms. The van der Waals surface area contributed by atoms with E-state index in [9.17, 15) is 17.6 Å². The topological polar surface area (TPSA) is 87.7 Å². The maximum Gasteiger partial charge on any atom is 0.321 e. The molecule has 2 amide bonds. The Labute approximate surface area is 154 Å². The minimum absolute atomic E-state index is 0.106. The van der Waals surface area contributed by atoms with Crippen molar-refractivity contribution < 1.29 is 22.3 Å². The zero-order valence-corrected chi connectivity index (χ0v) is 16.3. The Hall–Kier alpha value is -1.87. The normalized spacial score (nSPS) is 16.4. The van der Waals surface area contributed by atoms with Crippen LogP contribution in [-0.4, -0.2) is 50.3 Å².